The van der Waals surface area contributed by atoms with Gasteiger partial charge in [-0.2, -0.15) is 0 Å². The van der Waals surface area contributed by atoms with Gasteiger partial charge in [0, 0.05) is 29.6 Å². The monoisotopic (exact) mass is 277 g/mol. The van der Waals surface area contributed by atoms with Gasteiger partial charge >= 0.3 is 0 Å². The molecule has 6 heteroatoms. The van der Waals surface area contributed by atoms with E-state index in [-0.39, 0.29) is 10.6 Å². The summed E-state index contributed by atoms with van der Waals surface area (Å²) in [6.07, 6.45) is 0.900. The largest absolute Gasteiger partial charge is 0.312 e. The van der Waals surface area contributed by atoms with Crippen LogP contribution in [-0.2, 0) is 13.0 Å². The fourth-order valence-corrected chi connectivity index (χ4v) is 2.61. The van der Waals surface area contributed by atoms with Crippen LogP contribution in [-0.4, -0.2) is 16.5 Å². The summed E-state index contributed by atoms with van der Waals surface area (Å²) < 4.78 is 0. The molecule has 0 spiro atoms. The summed E-state index contributed by atoms with van der Waals surface area (Å²) in [5.74, 6) is 0. The lowest BCUT2D eigenvalue weighted by molar-refractivity contribution is -0.385. The Balaban J connectivity index is 1.86. The molecule has 0 aliphatic heterocycles. The van der Waals surface area contributed by atoms with Crippen LogP contribution in [0.4, 0.5) is 5.69 Å². The first-order chi connectivity index (χ1) is 9.18. The van der Waals surface area contributed by atoms with Gasteiger partial charge in [0.15, 0.2) is 0 Å². The molecule has 2 aromatic rings. The van der Waals surface area contributed by atoms with E-state index in [1.807, 2.05) is 18.5 Å². The van der Waals surface area contributed by atoms with Crippen molar-refractivity contribution in [3.05, 3.63) is 56.0 Å². The van der Waals surface area contributed by atoms with E-state index in [2.05, 4.69) is 10.3 Å². The second kappa shape index (κ2) is 6.40. The van der Waals surface area contributed by atoms with Gasteiger partial charge in [-0.3, -0.25) is 10.1 Å². The number of hydrogen-bond acceptors (Lipinski definition) is 5. The van der Waals surface area contributed by atoms with Crippen molar-refractivity contribution < 1.29 is 4.92 Å². The van der Waals surface area contributed by atoms with Gasteiger partial charge in [0.1, 0.15) is 0 Å². The summed E-state index contributed by atoms with van der Waals surface area (Å²) in [7, 11) is 0. The number of rotatable bonds is 6. The zero-order valence-corrected chi connectivity index (χ0v) is 11.4. The number of benzene rings is 1. The highest BCUT2D eigenvalue weighted by Gasteiger charge is 2.11. The molecule has 19 heavy (non-hydrogen) atoms. The zero-order chi connectivity index (χ0) is 13.7. The molecular formula is C13H15N3O2S. The lowest BCUT2D eigenvalue weighted by Crippen LogP contribution is -2.17. The van der Waals surface area contributed by atoms with E-state index in [0.29, 0.717) is 12.1 Å². The van der Waals surface area contributed by atoms with E-state index in [0.717, 1.165) is 18.7 Å². The van der Waals surface area contributed by atoms with Gasteiger partial charge in [0.2, 0.25) is 0 Å². The number of nitro groups is 1. The minimum atomic E-state index is -0.343. The fourth-order valence-electron chi connectivity index (χ4n) is 1.83. The topological polar surface area (TPSA) is 68.1 Å². The molecule has 0 unspecified atom stereocenters. The standard InChI is InChI=1S/C13H15N3O2S/c1-10-13(19-9-15-10)6-7-14-8-11-4-2-3-5-12(11)16(17)18/h2-5,9,14H,6-8H2,1H3. The highest BCUT2D eigenvalue weighted by atomic mass is 32.1. The van der Waals surface area contributed by atoms with Crippen molar-refractivity contribution in [3.63, 3.8) is 0 Å². The molecule has 100 valence electrons. The summed E-state index contributed by atoms with van der Waals surface area (Å²) in [5, 5.41) is 14.1. The second-order valence-corrected chi connectivity index (χ2v) is 5.11. The maximum absolute atomic E-state index is 10.9. The Morgan fingerprint density at radius 3 is 2.89 bits per heavy atom. The number of nitro benzene ring substituents is 1. The first kappa shape index (κ1) is 13.6. The summed E-state index contributed by atoms with van der Waals surface area (Å²) in [4.78, 5) is 16.0. The van der Waals surface area contributed by atoms with Gasteiger partial charge in [-0.25, -0.2) is 4.98 Å². The molecule has 1 heterocycles. The summed E-state index contributed by atoms with van der Waals surface area (Å²) >= 11 is 1.64. The molecule has 0 radical (unpaired) electrons. The number of para-hydroxylation sites is 1. The number of nitrogens with one attached hydrogen (secondary N) is 1. The SMILES string of the molecule is Cc1ncsc1CCNCc1ccccc1[N+](=O)[O-]. The molecule has 0 atom stereocenters. The Kier molecular flexibility index (Phi) is 4.59. The average molecular weight is 277 g/mol. The maximum atomic E-state index is 10.9. The fraction of sp³-hybridized carbons (Fsp3) is 0.308. The van der Waals surface area contributed by atoms with Gasteiger partial charge in [-0.1, -0.05) is 18.2 Å². The first-order valence-electron chi connectivity index (χ1n) is 6.00. The van der Waals surface area contributed by atoms with Crippen LogP contribution in [0.15, 0.2) is 29.8 Å². The Bertz CT molecular complexity index is 569. The van der Waals surface area contributed by atoms with Crippen molar-refractivity contribution in [2.45, 2.75) is 19.9 Å². The zero-order valence-electron chi connectivity index (χ0n) is 10.6. The summed E-state index contributed by atoms with van der Waals surface area (Å²) in [6.45, 7) is 3.29. The third kappa shape index (κ3) is 3.59. The molecule has 0 aliphatic rings. The second-order valence-electron chi connectivity index (χ2n) is 4.17. The molecule has 5 nitrogen and oxygen atoms in total. The quantitative estimate of drug-likeness (QED) is 0.501. The maximum Gasteiger partial charge on any atom is 0.273 e. The van der Waals surface area contributed by atoms with Crippen molar-refractivity contribution in [2.75, 3.05) is 6.54 Å². The number of thiazole rings is 1. The molecular weight excluding hydrogens is 262 g/mol. The molecule has 1 aromatic carbocycles. The number of nitrogens with zero attached hydrogens (tertiary/aromatic N) is 2. The van der Waals surface area contributed by atoms with Crippen LogP contribution >= 0.6 is 11.3 Å². The van der Waals surface area contributed by atoms with Crippen LogP contribution in [0.3, 0.4) is 0 Å². The lowest BCUT2D eigenvalue weighted by Gasteiger charge is -2.05. The van der Waals surface area contributed by atoms with Crippen LogP contribution in [0.5, 0.6) is 0 Å². The van der Waals surface area contributed by atoms with E-state index >= 15 is 0 Å². The molecule has 0 bridgehead atoms. The Hall–Kier alpha value is -1.79. The third-order valence-electron chi connectivity index (χ3n) is 2.88. The minimum Gasteiger partial charge on any atom is -0.312 e. The van der Waals surface area contributed by atoms with Gasteiger partial charge in [-0.15, -0.1) is 11.3 Å². The van der Waals surface area contributed by atoms with Gasteiger partial charge in [-0.05, 0) is 13.3 Å². The Labute approximate surface area is 115 Å². The molecule has 0 fully saturated rings. The van der Waals surface area contributed by atoms with Crippen molar-refractivity contribution in [3.8, 4) is 0 Å². The molecule has 2 rings (SSSR count). The van der Waals surface area contributed by atoms with Gasteiger partial charge in [0.05, 0.1) is 16.1 Å². The van der Waals surface area contributed by atoms with Crippen LogP contribution in [0, 0.1) is 17.0 Å². The average Bonchev–Trinajstić information content (AvgIpc) is 2.80. The van der Waals surface area contributed by atoms with Gasteiger partial charge in [0.25, 0.3) is 5.69 Å². The van der Waals surface area contributed by atoms with E-state index in [9.17, 15) is 10.1 Å². The Morgan fingerprint density at radius 2 is 2.21 bits per heavy atom. The highest BCUT2D eigenvalue weighted by molar-refractivity contribution is 7.09. The smallest absolute Gasteiger partial charge is 0.273 e. The number of aromatic nitrogens is 1. The molecule has 0 aliphatic carbocycles. The summed E-state index contributed by atoms with van der Waals surface area (Å²) in [5.41, 5.74) is 3.79. The first-order valence-corrected chi connectivity index (χ1v) is 6.88. The van der Waals surface area contributed by atoms with E-state index in [1.165, 1.54) is 10.9 Å². The van der Waals surface area contributed by atoms with Crippen LogP contribution < -0.4 is 5.32 Å². The van der Waals surface area contributed by atoms with E-state index < -0.39 is 0 Å². The van der Waals surface area contributed by atoms with Crippen molar-refractivity contribution in [1.82, 2.24) is 10.3 Å². The highest BCUT2D eigenvalue weighted by Crippen LogP contribution is 2.17. The van der Waals surface area contributed by atoms with E-state index in [4.69, 9.17) is 0 Å². The van der Waals surface area contributed by atoms with Crippen LogP contribution in [0.25, 0.3) is 0 Å². The molecule has 1 aromatic heterocycles. The number of hydrogen-bond donors (Lipinski definition) is 1. The van der Waals surface area contributed by atoms with Crippen molar-refractivity contribution in [2.24, 2.45) is 0 Å². The molecule has 0 saturated carbocycles. The van der Waals surface area contributed by atoms with Gasteiger partial charge < -0.3 is 5.32 Å². The normalized spacial score (nSPS) is 10.6. The predicted molar refractivity (Wildman–Crippen MR) is 75.4 cm³/mol. The molecule has 0 saturated heterocycles. The van der Waals surface area contributed by atoms with Crippen LogP contribution in [0.2, 0.25) is 0 Å². The predicted octanol–water partition coefficient (Wildman–Crippen LogP) is 2.69. The lowest BCUT2D eigenvalue weighted by atomic mass is 10.2. The molecule has 1 N–H and O–H groups in total. The molecule has 0 amide bonds. The van der Waals surface area contributed by atoms with Crippen molar-refractivity contribution in [1.29, 1.82) is 0 Å². The minimum absolute atomic E-state index is 0.170. The van der Waals surface area contributed by atoms with Crippen molar-refractivity contribution >= 4 is 17.0 Å². The Morgan fingerprint density at radius 1 is 1.42 bits per heavy atom. The van der Waals surface area contributed by atoms with E-state index in [1.54, 1.807) is 23.5 Å². The number of aryl methyl sites for hydroxylation is 1. The third-order valence-corrected chi connectivity index (χ3v) is 3.87. The van der Waals surface area contributed by atoms with Crippen LogP contribution in [0.1, 0.15) is 16.1 Å². The summed E-state index contributed by atoms with van der Waals surface area (Å²) in [6, 6.07) is 6.81.